The molecule has 0 spiro atoms. The van der Waals surface area contributed by atoms with Gasteiger partial charge in [0.2, 0.25) is 0 Å². The van der Waals surface area contributed by atoms with Crippen molar-refractivity contribution >= 4 is 22.7 Å². The highest BCUT2D eigenvalue weighted by Crippen LogP contribution is 2.22. The van der Waals surface area contributed by atoms with Crippen molar-refractivity contribution < 1.29 is 0 Å². The molecule has 0 fully saturated rings. The van der Waals surface area contributed by atoms with Gasteiger partial charge in [-0.15, -0.1) is 0 Å². The van der Waals surface area contributed by atoms with Crippen molar-refractivity contribution in [2.45, 2.75) is 26.4 Å². The quantitative estimate of drug-likeness (QED) is 0.358. The third-order valence-electron chi connectivity index (χ3n) is 4.41. The van der Waals surface area contributed by atoms with Gasteiger partial charge in [-0.25, -0.2) is 9.98 Å². The van der Waals surface area contributed by atoms with E-state index in [0.717, 1.165) is 48.7 Å². The topological polar surface area (TPSA) is 70.4 Å². The van der Waals surface area contributed by atoms with E-state index < -0.39 is 0 Å². The molecule has 148 valence electrons. The maximum atomic E-state index is 4.79. The Hall–Kier alpha value is -3.09. The van der Waals surface area contributed by atoms with Gasteiger partial charge < -0.3 is 15.5 Å². The molecule has 0 unspecified atom stereocenters. The molecule has 0 aliphatic rings. The zero-order valence-corrected chi connectivity index (χ0v) is 16.9. The lowest BCUT2D eigenvalue weighted by molar-refractivity contribution is 0.570. The predicted octanol–water partition coefficient (Wildman–Crippen LogP) is 2.64. The fraction of sp³-hybridized carbons (Fsp3) is 0.381. The highest BCUT2D eigenvalue weighted by molar-refractivity contribution is 5.85. The van der Waals surface area contributed by atoms with Crippen molar-refractivity contribution in [2.75, 3.05) is 32.1 Å². The van der Waals surface area contributed by atoms with Crippen LogP contribution in [0, 0.1) is 0 Å². The van der Waals surface area contributed by atoms with E-state index in [2.05, 4.69) is 34.8 Å². The molecule has 3 aromatic rings. The van der Waals surface area contributed by atoms with Crippen LogP contribution in [0.3, 0.4) is 0 Å². The van der Waals surface area contributed by atoms with Crippen molar-refractivity contribution in [3.05, 3.63) is 54.4 Å². The lowest BCUT2D eigenvalue weighted by Crippen LogP contribution is -2.38. The van der Waals surface area contributed by atoms with Gasteiger partial charge in [-0.2, -0.15) is 5.10 Å². The zero-order chi connectivity index (χ0) is 19.8. The van der Waals surface area contributed by atoms with Crippen LogP contribution in [0.15, 0.2) is 53.8 Å². The second kappa shape index (κ2) is 9.73. The molecule has 2 aromatic heterocycles. The number of aryl methyl sites for hydroxylation is 1. The van der Waals surface area contributed by atoms with E-state index in [-0.39, 0.29) is 0 Å². The van der Waals surface area contributed by atoms with E-state index in [9.17, 15) is 0 Å². The third kappa shape index (κ3) is 5.22. The summed E-state index contributed by atoms with van der Waals surface area (Å²) in [6, 6.07) is 12.3. The molecule has 0 radical (unpaired) electrons. The van der Waals surface area contributed by atoms with Crippen LogP contribution in [-0.4, -0.2) is 47.9 Å². The molecular weight excluding hydrogens is 350 g/mol. The van der Waals surface area contributed by atoms with Crippen LogP contribution in [0.25, 0.3) is 10.9 Å². The zero-order valence-electron chi connectivity index (χ0n) is 16.9. The van der Waals surface area contributed by atoms with E-state index in [0.29, 0.717) is 6.54 Å². The number of anilines is 1. The fourth-order valence-electron chi connectivity index (χ4n) is 2.98. The highest BCUT2D eigenvalue weighted by Gasteiger charge is 2.07. The number of nitrogens with one attached hydrogen (secondary N) is 2. The number of para-hydroxylation sites is 1. The minimum absolute atomic E-state index is 0.596. The van der Waals surface area contributed by atoms with Gasteiger partial charge in [0.25, 0.3) is 0 Å². The largest absolute Gasteiger partial charge is 0.363 e. The molecule has 1 aromatic carbocycles. The first kappa shape index (κ1) is 19.7. The Balaban J connectivity index is 1.69. The van der Waals surface area contributed by atoms with Gasteiger partial charge in [-0.05, 0) is 37.1 Å². The summed E-state index contributed by atoms with van der Waals surface area (Å²) >= 11 is 0. The number of nitrogens with zero attached hydrogens (tertiary/aromatic N) is 5. The van der Waals surface area contributed by atoms with Gasteiger partial charge in [-0.1, -0.05) is 18.2 Å². The summed E-state index contributed by atoms with van der Waals surface area (Å²) in [5.41, 5.74) is 2.17. The minimum Gasteiger partial charge on any atom is -0.363 e. The van der Waals surface area contributed by atoms with Crippen molar-refractivity contribution in [2.24, 2.45) is 4.99 Å². The predicted molar refractivity (Wildman–Crippen MR) is 116 cm³/mol. The Morgan fingerprint density at radius 1 is 1.18 bits per heavy atom. The van der Waals surface area contributed by atoms with E-state index >= 15 is 0 Å². The molecule has 0 amide bonds. The average molecular weight is 380 g/mol. The van der Waals surface area contributed by atoms with Crippen molar-refractivity contribution in [3.63, 3.8) is 0 Å². The summed E-state index contributed by atoms with van der Waals surface area (Å²) in [5, 5.41) is 12.1. The number of fused-ring (bicyclic) bond motifs is 1. The summed E-state index contributed by atoms with van der Waals surface area (Å²) in [6.45, 7) is 5.22. The van der Waals surface area contributed by atoms with Gasteiger partial charge in [0, 0.05) is 51.5 Å². The van der Waals surface area contributed by atoms with E-state index in [1.165, 1.54) is 5.56 Å². The minimum atomic E-state index is 0.596. The average Bonchev–Trinajstić information content (AvgIpc) is 3.22. The Kier molecular flexibility index (Phi) is 6.84. The monoisotopic (exact) mass is 379 g/mol. The molecule has 3 rings (SSSR count). The Bertz CT molecular complexity index is 900. The molecule has 0 bridgehead atoms. The number of hydrogen-bond donors (Lipinski definition) is 2. The lowest BCUT2D eigenvalue weighted by atomic mass is 10.1. The van der Waals surface area contributed by atoms with Crippen molar-refractivity contribution in [1.29, 1.82) is 0 Å². The van der Waals surface area contributed by atoms with Crippen LogP contribution in [-0.2, 0) is 13.1 Å². The molecule has 0 aliphatic carbocycles. The van der Waals surface area contributed by atoms with Crippen LogP contribution >= 0.6 is 0 Å². The van der Waals surface area contributed by atoms with Crippen molar-refractivity contribution in [3.8, 4) is 0 Å². The van der Waals surface area contributed by atoms with Crippen LogP contribution in [0.4, 0.5) is 5.82 Å². The van der Waals surface area contributed by atoms with Gasteiger partial charge >= 0.3 is 0 Å². The maximum Gasteiger partial charge on any atom is 0.191 e. The number of aliphatic imine (C=N–C) groups is 1. The Labute approximate surface area is 166 Å². The second-order valence-electron chi connectivity index (χ2n) is 6.80. The number of pyridine rings is 1. The molecule has 0 saturated heterocycles. The van der Waals surface area contributed by atoms with E-state index in [4.69, 9.17) is 9.98 Å². The smallest absolute Gasteiger partial charge is 0.191 e. The number of benzene rings is 1. The third-order valence-corrected chi connectivity index (χ3v) is 4.41. The number of guanidine groups is 1. The maximum absolute atomic E-state index is 4.79. The summed E-state index contributed by atoms with van der Waals surface area (Å²) in [6.07, 6.45) is 4.77. The summed E-state index contributed by atoms with van der Waals surface area (Å²) in [4.78, 5) is 11.5. The van der Waals surface area contributed by atoms with Crippen LogP contribution in [0.1, 0.15) is 18.9 Å². The first-order valence-corrected chi connectivity index (χ1v) is 9.73. The summed E-state index contributed by atoms with van der Waals surface area (Å²) < 4.78 is 1.94. The molecule has 2 N–H and O–H groups in total. The number of rotatable bonds is 8. The van der Waals surface area contributed by atoms with Crippen LogP contribution in [0.2, 0.25) is 0 Å². The van der Waals surface area contributed by atoms with E-state index in [1.807, 2.05) is 54.1 Å². The number of hydrogen-bond acceptors (Lipinski definition) is 4. The SMILES string of the molecule is CCNC(=NCc1cc(N(C)C)nc2ccccc12)NCCCn1cccn1. The van der Waals surface area contributed by atoms with Gasteiger partial charge in [0.05, 0.1) is 12.1 Å². The van der Waals surface area contributed by atoms with Crippen LogP contribution in [0.5, 0.6) is 0 Å². The molecule has 28 heavy (non-hydrogen) atoms. The summed E-state index contributed by atoms with van der Waals surface area (Å²) in [5.74, 6) is 1.77. The Morgan fingerprint density at radius 3 is 2.79 bits per heavy atom. The molecule has 2 heterocycles. The molecule has 0 atom stereocenters. The molecular formula is C21H29N7. The first-order valence-electron chi connectivity index (χ1n) is 9.73. The molecule has 0 aliphatic heterocycles. The van der Waals surface area contributed by atoms with E-state index in [1.54, 1.807) is 6.20 Å². The molecule has 7 nitrogen and oxygen atoms in total. The van der Waals surface area contributed by atoms with Gasteiger partial charge in [0.15, 0.2) is 5.96 Å². The standard InChI is InChI=1S/C21H29N7/c1-4-22-21(23-11-7-13-28-14-8-12-25-28)24-16-17-15-20(27(2)3)26-19-10-6-5-9-18(17)19/h5-6,8-10,12,14-15H,4,7,11,13,16H2,1-3H3,(H2,22,23,24). The normalized spacial score (nSPS) is 11.6. The van der Waals surface area contributed by atoms with Gasteiger partial charge in [0.1, 0.15) is 5.82 Å². The van der Waals surface area contributed by atoms with Crippen LogP contribution < -0.4 is 15.5 Å². The first-order chi connectivity index (χ1) is 13.7. The molecule has 7 heteroatoms. The summed E-state index contributed by atoms with van der Waals surface area (Å²) in [7, 11) is 4.02. The Morgan fingerprint density at radius 2 is 2.04 bits per heavy atom. The second-order valence-corrected chi connectivity index (χ2v) is 6.80. The lowest BCUT2D eigenvalue weighted by Gasteiger charge is -2.15. The van der Waals surface area contributed by atoms with Crippen molar-refractivity contribution in [1.82, 2.24) is 25.4 Å². The number of aromatic nitrogens is 3. The molecule has 0 saturated carbocycles. The van der Waals surface area contributed by atoms with Gasteiger partial charge in [-0.3, -0.25) is 4.68 Å². The highest BCUT2D eigenvalue weighted by atomic mass is 15.3. The fourth-order valence-corrected chi connectivity index (χ4v) is 2.98.